The van der Waals surface area contributed by atoms with Crippen LogP contribution in [0.2, 0.25) is 0 Å². The molecule has 204 valence electrons. The topological polar surface area (TPSA) is 71.5 Å². The van der Waals surface area contributed by atoms with Crippen molar-refractivity contribution in [1.82, 2.24) is 3.71 Å². The van der Waals surface area contributed by atoms with Gasteiger partial charge >= 0.3 is 33.6 Å². The molecular formula is C18H21F10NO4S2. The molecule has 1 rings (SSSR count). The Bertz CT molecular complexity index is 1050. The van der Waals surface area contributed by atoms with Gasteiger partial charge in [-0.1, -0.05) is 36.1 Å². The van der Waals surface area contributed by atoms with Gasteiger partial charge in [-0.05, 0) is 36.5 Å². The molecule has 0 N–H and O–H groups in total. The highest BCUT2D eigenvalue weighted by Gasteiger charge is 2.72. The number of hydrogen-bond acceptors (Lipinski definition) is 4. The molecule has 5 nitrogen and oxygen atoms in total. The van der Waals surface area contributed by atoms with Crippen LogP contribution in [-0.2, 0) is 20.0 Å². The Balaban J connectivity index is 3.59. The van der Waals surface area contributed by atoms with Crippen LogP contribution in [0.15, 0.2) is 29.2 Å². The summed E-state index contributed by atoms with van der Waals surface area (Å²) in [6.07, 6.45) is -14.6. The summed E-state index contributed by atoms with van der Waals surface area (Å²) in [5, 5.41) is 0. The van der Waals surface area contributed by atoms with E-state index in [0.717, 1.165) is 12.1 Å². The minimum atomic E-state index is -7.05. The molecule has 0 aliphatic heterocycles. The summed E-state index contributed by atoms with van der Waals surface area (Å²) in [5.41, 5.74) is -12.1. The normalized spacial score (nSPS) is 15.5. The van der Waals surface area contributed by atoms with Gasteiger partial charge in [-0.3, -0.25) is 0 Å². The summed E-state index contributed by atoms with van der Waals surface area (Å²) in [7, 11) is -12.9. The lowest BCUT2D eigenvalue weighted by Gasteiger charge is -2.32. The van der Waals surface area contributed by atoms with E-state index in [1.807, 2.05) is 6.92 Å². The van der Waals surface area contributed by atoms with Crippen LogP contribution in [0.25, 0.3) is 0 Å². The van der Waals surface area contributed by atoms with Crippen molar-refractivity contribution in [2.75, 3.05) is 6.54 Å². The summed E-state index contributed by atoms with van der Waals surface area (Å²) in [5.74, 6) is -0.113. The Morgan fingerprint density at radius 2 is 1.26 bits per heavy atom. The van der Waals surface area contributed by atoms with Crippen LogP contribution in [-0.4, -0.2) is 50.6 Å². The lowest BCUT2D eigenvalue weighted by atomic mass is 9.92. The molecule has 1 atom stereocenters. The van der Waals surface area contributed by atoms with E-state index in [2.05, 4.69) is 0 Å². The fourth-order valence-corrected chi connectivity index (χ4v) is 6.31. The molecule has 35 heavy (non-hydrogen) atoms. The molecule has 0 saturated heterocycles. The van der Waals surface area contributed by atoms with Gasteiger partial charge in [0, 0.05) is 13.0 Å². The smallest absolute Gasteiger partial charge is 0.224 e. The standard InChI is InChI=1S/C18H21F10NO4S2/c1-3-5-12(4-2)13-6-8-14(9-7-13)34(30,31)29(35(32,33)18(26,27)28)11-10-15(19,16(20,21)22)17(23,24)25/h6-9,12H,3-5,10-11H2,1-2H3. The first-order chi connectivity index (χ1) is 15.6. The monoisotopic (exact) mass is 569 g/mol. The van der Waals surface area contributed by atoms with Gasteiger partial charge in [-0.25, -0.2) is 21.2 Å². The average Bonchev–Trinajstić information content (AvgIpc) is 2.69. The largest absolute Gasteiger partial charge is 0.512 e. The average molecular weight is 569 g/mol. The third-order valence-electron chi connectivity index (χ3n) is 5.15. The molecule has 0 spiro atoms. The number of nitrogens with zero attached hydrogens (tertiary/aromatic N) is 1. The van der Waals surface area contributed by atoms with Crippen LogP contribution >= 0.6 is 0 Å². The molecule has 0 aromatic heterocycles. The van der Waals surface area contributed by atoms with Gasteiger partial charge in [-0.15, -0.1) is 0 Å². The zero-order valence-corrected chi connectivity index (χ0v) is 19.7. The highest BCUT2D eigenvalue weighted by molar-refractivity contribution is 8.04. The molecule has 17 heteroatoms. The number of sulfonamides is 2. The van der Waals surface area contributed by atoms with E-state index in [4.69, 9.17) is 0 Å². The lowest BCUT2D eigenvalue weighted by Crippen LogP contribution is -2.56. The maximum absolute atomic E-state index is 13.9. The third kappa shape index (κ3) is 6.39. The minimum absolute atomic E-state index is 0.113. The molecule has 1 aromatic carbocycles. The van der Waals surface area contributed by atoms with E-state index in [1.165, 1.54) is 0 Å². The van der Waals surface area contributed by atoms with Crippen LogP contribution in [0.3, 0.4) is 0 Å². The molecule has 0 radical (unpaired) electrons. The van der Waals surface area contributed by atoms with Gasteiger partial charge < -0.3 is 0 Å². The van der Waals surface area contributed by atoms with Crippen molar-refractivity contribution >= 4 is 20.0 Å². The number of alkyl halides is 10. The zero-order chi connectivity index (χ0) is 27.7. The SMILES string of the molecule is CCCC(CC)c1ccc(S(=O)(=O)N(CCC(F)(C(F)(F)F)C(F)(F)F)S(=O)(=O)C(F)(F)F)cc1. The Hall–Kier alpha value is -1.62. The fraction of sp³-hybridized carbons (Fsp3) is 0.667. The van der Waals surface area contributed by atoms with Crippen molar-refractivity contribution in [3.8, 4) is 0 Å². The Morgan fingerprint density at radius 3 is 1.60 bits per heavy atom. The van der Waals surface area contributed by atoms with Gasteiger partial charge in [0.2, 0.25) is 0 Å². The molecule has 1 aromatic rings. The van der Waals surface area contributed by atoms with Crippen molar-refractivity contribution in [2.45, 2.75) is 73.9 Å². The van der Waals surface area contributed by atoms with Crippen LogP contribution < -0.4 is 0 Å². The van der Waals surface area contributed by atoms with Crippen LogP contribution in [0.5, 0.6) is 0 Å². The van der Waals surface area contributed by atoms with Gasteiger partial charge in [-0.2, -0.15) is 39.5 Å². The van der Waals surface area contributed by atoms with E-state index >= 15 is 0 Å². The van der Waals surface area contributed by atoms with E-state index in [9.17, 15) is 60.7 Å². The van der Waals surface area contributed by atoms with Gasteiger partial charge in [0.15, 0.2) is 0 Å². The predicted octanol–water partition coefficient (Wildman–Crippen LogP) is 6.04. The molecule has 0 saturated carbocycles. The highest BCUT2D eigenvalue weighted by Crippen LogP contribution is 2.49. The Labute approximate surface area is 195 Å². The fourth-order valence-electron chi connectivity index (χ4n) is 3.16. The molecule has 0 heterocycles. The summed E-state index contributed by atoms with van der Waals surface area (Å²) in [6, 6.07) is 3.58. The van der Waals surface area contributed by atoms with Gasteiger partial charge in [0.1, 0.15) is 0 Å². The molecular weight excluding hydrogens is 548 g/mol. The molecule has 1 unspecified atom stereocenters. The first kappa shape index (κ1) is 31.4. The van der Waals surface area contributed by atoms with Crippen molar-refractivity contribution in [3.05, 3.63) is 29.8 Å². The molecule has 0 amide bonds. The maximum atomic E-state index is 13.9. The van der Waals surface area contributed by atoms with Gasteiger partial charge in [0.25, 0.3) is 10.0 Å². The van der Waals surface area contributed by atoms with Crippen molar-refractivity contribution in [1.29, 1.82) is 0 Å². The summed E-state index contributed by atoms with van der Waals surface area (Å²) < 4.78 is 177. The van der Waals surface area contributed by atoms with E-state index in [1.54, 1.807) is 6.92 Å². The first-order valence-corrected chi connectivity index (χ1v) is 12.7. The minimum Gasteiger partial charge on any atom is -0.224 e. The highest BCUT2D eigenvalue weighted by atomic mass is 32.3. The summed E-state index contributed by atoms with van der Waals surface area (Å²) in [4.78, 5) is -1.16. The quantitative estimate of drug-likeness (QED) is 0.322. The third-order valence-corrected chi connectivity index (χ3v) is 9.21. The predicted molar refractivity (Wildman–Crippen MR) is 104 cm³/mol. The van der Waals surface area contributed by atoms with Crippen LogP contribution in [0.1, 0.15) is 51.0 Å². The molecule has 0 fully saturated rings. The number of rotatable bonds is 10. The Morgan fingerprint density at radius 1 is 0.800 bits per heavy atom. The summed E-state index contributed by atoms with van der Waals surface area (Å²) >= 11 is 0. The number of benzene rings is 1. The summed E-state index contributed by atoms with van der Waals surface area (Å²) in [6.45, 7) is 0.996. The maximum Gasteiger partial charge on any atom is 0.512 e. The van der Waals surface area contributed by atoms with Crippen LogP contribution in [0.4, 0.5) is 43.9 Å². The second-order valence-electron chi connectivity index (χ2n) is 7.46. The lowest BCUT2D eigenvalue weighted by molar-refractivity contribution is -0.343. The van der Waals surface area contributed by atoms with Crippen molar-refractivity contribution < 1.29 is 60.7 Å². The zero-order valence-electron chi connectivity index (χ0n) is 18.1. The molecule has 0 aliphatic rings. The van der Waals surface area contributed by atoms with Crippen molar-refractivity contribution in [3.63, 3.8) is 0 Å². The number of hydrogen-bond donors (Lipinski definition) is 0. The molecule has 0 aliphatic carbocycles. The van der Waals surface area contributed by atoms with E-state index in [0.29, 0.717) is 37.0 Å². The van der Waals surface area contributed by atoms with Gasteiger partial charge in [0.05, 0.1) is 4.90 Å². The second kappa shape index (κ2) is 10.4. The second-order valence-corrected chi connectivity index (χ2v) is 11.4. The van der Waals surface area contributed by atoms with E-state index in [-0.39, 0.29) is 5.92 Å². The van der Waals surface area contributed by atoms with E-state index < -0.39 is 65.1 Å². The molecule has 0 bridgehead atoms. The number of halogens is 10. The van der Waals surface area contributed by atoms with Crippen molar-refractivity contribution in [2.24, 2.45) is 0 Å². The first-order valence-electron chi connectivity index (χ1n) is 9.84. The van der Waals surface area contributed by atoms with Crippen LogP contribution in [0, 0.1) is 0 Å². The Kier molecular flexibility index (Phi) is 9.33.